The van der Waals surface area contributed by atoms with E-state index in [2.05, 4.69) is 32.6 Å². The Labute approximate surface area is 286 Å². The zero-order valence-corrected chi connectivity index (χ0v) is 30.3. The Kier molecular flexibility index (Phi) is 7.74. The van der Waals surface area contributed by atoms with Crippen molar-refractivity contribution in [3.05, 3.63) is 0 Å². The molecule has 48 heavy (non-hydrogen) atoms. The molecule has 3 N–H and O–H groups in total. The van der Waals surface area contributed by atoms with Crippen LogP contribution in [0.25, 0.3) is 0 Å². The Morgan fingerprint density at radius 1 is 1.08 bits per heavy atom. The van der Waals surface area contributed by atoms with Gasteiger partial charge in [0.05, 0.1) is 55.8 Å². The summed E-state index contributed by atoms with van der Waals surface area (Å²) < 4.78 is 30.8. The van der Waals surface area contributed by atoms with Gasteiger partial charge in [0.25, 0.3) is 0 Å². The Morgan fingerprint density at radius 2 is 1.79 bits per heavy atom. The number of Topliss-reactive ketones (excluding diaryl/α,β-unsaturated/α-hetero) is 1. The maximum Gasteiger partial charge on any atom is 0.303 e. The number of rotatable bonds is 6. The second kappa shape index (κ2) is 10.9. The van der Waals surface area contributed by atoms with E-state index >= 15 is 0 Å². The van der Waals surface area contributed by atoms with Crippen LogP contribution in [0.4, 0.5) is 0 Å². The molecule has 8 fully saturated rings. The standard InChI is InChI=1S/C38H60N2O8/c1-21-16-24(32(34(5,6)43)46-22(2)41)47-30-29(21)35(7)12-13-37-20-36(37)11-10-27(48-28-17-40(14-15-45-28)23-18-44-19-23)33(3,4)25(36)8-9-26(37)38(35,39)31(30)42/h21,23-30,32,43H,8-20,39H2,1-7H3/t21-,24+,25?,26?,27?,28?,29+,30?,32?,35?,36?,37?,38+/m1/s1. The van der Waals surface area contributed by atoms with Crippen molar-refractivity contribution in [2.45, 2.75) is 148 Å². The number of aliphatic hydroxyl groups is 1. The van der Waals surface area contributed by atoms with Crippen LogP contribution in [0.15, 0.2) is 0 Å². The molecule has 3 heterocycles. The van der Waals surface area contributed by atoms with Crippen LogP contribution in [0.2, 0.25) is 0 Å². The number of morpholine rings is 1. The van der Waals surface area contributed by atoms with Gasteiger partial charge < -0.3 is 34.5 Å². The summed E-state index contributed by atoms with van der Waals surface area (Å²) in [6, 6.07) is 0.489. The minimum absolute atomic E-state index is 0.00191. The van der Waals surface area contributed by atoms with Crippen molar-refractivity contribution < 1.29 is 38.4 Å². The first kappa shape index (κ1) is 34.0. The van der Waals surface area contributed by atoms with Gasteiger partial charge >= 0.3 is 5.97 Å². The zero-order chi connectivity index (χ0) is 34.2. The first-order chi connectivity index (χ1) is 22.5. The van der Waals surface area contributed by atoms with Crippen molar-refractivity contribution in [1.82, 2.24) is 4.90 Å². The van der Waals surface area contributed by atoms with Gasteiger partial charge in [0.1, 0.15) is 6.10 Å². The normalized spacial score (nSPS) is 50.6. The minimum Gasteiger partial charge on any atom is -0.457 e. The van der Waals surface area contributed by atoms with E-state index in [-0.39, 0.29) is 57.6 Å². The van der Waals surface area contributed by atoms with Crippen LogP contribution in [0, 0.1) is 45.3 Å². The number of ether oxygens (including phenoxy) is 5. The van der Waals surface area contributed by atoms with Gasteiger partial charge in [-0.15, -0.1) is 0 Å². The molecule has 5 saturated carbocycles. The monoisotopic (exact) mass is 672 g/mol. The number of carbonyl (C=O) groups excluding carboxylic acids is 2. The van der Waals surface area contributed by atoms with Gasteiger partial charge in [-0.05, 0) is 105 Å². The van der Waals surface area contributed by atoms with Gasteiger partial charge in [0.2, 0.25) is 0 Å². The molecule has 3 saturated heterocycles. The molecule has 13 atom stereocenters. The van der Waals surface area contributed by atoms with Crippen LogP contribution in [0.1, 0.15) is 99.8 Å². The maximum atomic E-state index is 14.9. The van der Waals surface area contributed by atoms with Crippen LogP contribution >= 0.6 is 0 Å². The highest BCUT2D eigenvalue weighted by molar-refractivity contribution is 5.97. The van der Waals surface area contributed by atoms with Crippen LogP contribution in [0.5, 0.6) is 0 Å². The first-order valence-corrected chi connectivity index (χ1v) is 19.0. The molecular formula is C38H60N2O8. The van der Waals surface area contributed by atoms with E-state index in [4.69, 9.17) is 29.4 Å². The number of ketones is 1. The number of nitrogens with two attached hydrogens (primary N) is 1. The number of nitrogens with zero attached hydrogens (tertiary/aromatic N) is 1. The summed E-state index contributed by atoms with van der Waals surface area (Å²) in [4.78, 5) is 29.4. The number of hydrogen-bond acceptors (Lipinski definition) is 10. The third kappa shape index (κ3) is 4.48. The van der Waals surface area contributed by atoms with Gasteiger partial charge in [-0.2, -0.15) is 0 Å². The Hall–Kier alpha value is -1.14. The van der Waals surface area contributed by atoms with Gasteiger partial charge in [-0.1, -0.05) is 27.7 Å². The van der Waals surface area contributed by atoms with Crippen molar-refractivity contribution in [2.24, 2.45) is 51.1 Å². The summed E-state index contributed by atoms with van der Waals surface area (Å²) in [5.74, 6) is 0.347. The highest BCUT2D eigenvalue weighted by Crippen LogP contribution is 2.87. The van der Waals surface area contributed by atoms with Crippen molar-refractivity contribution in [3.8, 4) is 0 Å². The molecule has 3 aliphatic heterocycles. The van der Waals surface area contributed by atoms with Crippen LogP contribution in [-0.2, 0) is 33.3 Å². The molecule has 0 aromatic carbocycles. The fourth-order valence-corrected chi connectivity index (χ4v) is 13.6. The second-order valence-electron chi connectivity index (χ2n) is 18.8. The average molecular weight is 673 g/mol. The number of carbonyl (C=O) groups is 2. The number of fused-ring (bicyclic) bond motifs is 4. The summed E-state index contributed by atoms with van der Waals surface area (Å²) in [7, 11) is 0. The Balaban J connectivity index is 1.03. The molecule has 10 heteroatoms. The summed E-state index contributed by atoms with van der Waals surface area (Å²) >= 11 is 0. The van der Waals surface area contributed by atoms with Gasteiger partial charge in [-0.3, -0.25) is 14.5 Å². The van der Waals surface area contributed by atoms with Crippen molar-refractivity contribution in [3.63, 3.8) is 0 Å². The van der Waals surface area contributed by atoms with Gasteiger partial charge in [0, 0.05) is 19.4 Å². The molecule has 0 aromatic rings. The number of hydrogen-bond donors (Lipinski definition) is 2. The van der Waals surface area contributed by atoms with E-state index in [0.29, 0.717) is 25.0 Å². The molecule has 0 amide bonds. The fraction of sp³-hybridized carbons (Fsp3) is 0.947. The lowest BCUT2D eigenvalue weighted by Gasteiger charge is -2.62. The maximum absolute atomic E-state index is 14.9. The van der Waals surface area contributed by atoms with E-state index < -0.39 is 35.4 Å². The predicted molar refractivity (Wildman–Crippen MR) is 177 cm³/mol. The molecular weight excluding hydrogens is 612 g/mol. The van der Waals surface area contributed by atoms with E-state index in [9.17, 15) is 14.7 Å². The Bertz CT molecular complexity index is 1330. The minimum atomic E-state index is -1.31. The van der Waals surface area contributed by atoms with Crippen molar-refractivity contribution in [2.75, 3.05) is 32.9 Å². The molecule has 0 radical (unpaired) electrons. The Morgan fingerprint density at radius 3 is 2.46 bits per heavy atom. The fourth-order valence-electron chi connectivity index (χ4n) is 13.6. The molecule has 0 aromatic heterocycles. The van der Waals surface area contributed by atoms with Gasteiger partial charge in [0.15, 0.2) is 18.2 Å². The molecule has 270 valence electrons. The summed E-state index contributed by atoms with van der Waals surface area (Å²) in [6.07, 6.45) is 5.78. The zero-order valence-electron chi connectivity index (χ0n) is 30.3. The predicted octanol–water partition coefficient (Wildman–Crippen LogP) is 3.84. The third-order valence-corrected chi connectivity index (χ3v) is 15.9. The first-order valence-electron chi connectivity index (χ1n) is 19.0. The molecule has 5 aliphatic carbocycles. The van der Waals surface area contributed by atoms with E-state index in [1.165, 1.54) is 6.92 Å². The van der Waals surface area contributed by atoms with Crippen LogP contribution < -0.4 is 5.73 Å². The lowest BCUT2D eigenvalue weighted by molar-refractivity contribution is -0.254. The topological polar surface area (TPSA) is 130 Å². The van der Waals surface area contributed by atoms with Crippen molar-refractivity contribution in [1.29, 1.82) is 0 Å². The quantitative estimate of drug-likeness (QED) is 0.402. The SMILES string of the molecule is CC(=O)OC([C@@H]1C[C@@H](C)[C@H]2C(O1)C(=O)[C@@]1(N)C3CCC4C(C)(C)C(OC5CN(C6COC6)CCO5)CCC45CC35CCC21C)C(C)(C)O. The van der Waals surface area contributed by atoms with Gasteiger partial charge in [-0.25, -0.2) is 0 Å². The molecule has 8 aliphatic rings. The third-order valence-electron chi connectivity index (χ3n) is 15.9. The number of esters is 1. The summed E-state index contributed by atoms with van der Waals surface area (Å²) in [5, 5.41) is 11.0. The van der Waals surface area contributed by atoms with Crippen LogP contribution in [-0.4, -0.2) is 103 Å². The lowest BCUT2D eigenvalue weighted by atomic mass is 9.43. The molecule has 9 unspecified atom stereocenters. The highest BCUT2D eigenvalue weighted by atomic mass is 16.7. The lowest BCUT2D eigenvalue weighted by Crippen LogP contribution is -2.69. The van der Waals surface area contributed by atoms with E-state index in [1.807, 2.05) is 0 Å². The highest BCUT2D eigenvalue weighted by Gasteiger charge is 2.85. The van der Waals surface area contributed by atoms with Crippen LogP contribution in [0.3, 0.4) is 0 Å². The summed E-state index contributed by atoms with van der Waals surface area (Å²) in [6.45, 7) is 18.0. The van der Waals surface area contributed by atoms with Crippen molar-refractivity contribution >= 4 is 11.8 Å². The molecule has 2 spiro atoms. The largest absolute Gasteiger partial charge is 0.457 e. The molecule has 0 bridgehead atoms. The second-order valence-corrected chi connectivity index (χ2v) is 18.8. The molecule has 8 rings (SSSR count). The smallest absolute Gasteiger partial charge is 0.303 e. The molecule has 10 nitrogen and oxygen atoms in total. The summed E-state index contributed by atoms with van der Waals surface area (Å²) in [5.41, 5.74) is 5.30. The van der Waals surface area contributed by atoms with E-state index in [1.54, 1.807) is 13.8 Å². The average Bonchev–Trinajstić information content (AvgIpc) is 3.61. The van der Waals surface area contributed by atoms with E-state index in [0.717, 1.165) is 71.2 Å².